The third kappa shape index (κ3) is 3.68. The molecule has 2 aromatic heterocycles. The van der Waals surface area contributed by atoms with Crippen LogP contribution in [0.1, 0.15) is 11.3 Å². The van der Waals surface area contributed by atoms with Crippen molar-refractivity contribution in [2.75, 3.05) is 19.0 Å². The normalized spacial score (nSPS) is 11.6. The molecule has 152 valence electrons. The zero-order chi connectivity index (χ0) is 21.4. The van der Waals surface area contributed by atoms with Gasteiger partial charge in [0.25, 0.3) is 0 Å². The molecule has 0 aliphatic rings. The van der Waals surface area contributed by atoms with Crippen LogP contribution in [0.5, 0.6) is 0 Å². The number of pyridine rings is 1. The monoisotopic (exact) mass is 405 g/mol. The van der Waals surface area contributed by atoms with Gasteiger partial charge in [0.05, 0.1) is 11.0 Å². The van der Waals surface area contributed by atoms with E-state index in [-0.39, 0.29) is 0 Å². The van der Waals surface area contributed by atoms with Crippen LogP contribution in [0.25, 0.3) is 45.5 Å². The average Bonchev–Trinajstić information content (AvgIpc) is 3.23. The molecule has 1 N–H and O–H groups in total. The molecule has 0 fully saturated rings. The quantitative estimate of drug-likeness (QED) is 0.404. The van der Waals surface area contributed by atoms with Crippen molar-refractivity contribution in [3.63, 3.8) is 0 Å². The molecular weight excluding hydrogens is 380 g/mol. The number of H-pyrrole nitrogens is 1. The summed E-state index contributed by atoms with van der Waals surface area (Å²) in [5.74, 6) is 0.899. The van der Waals surface area contributed by atoms with Gasteiger partial charge in [0, 0.05) is 48.9 Å². The van der Waals surface area contributed by atoms with E-state index >= 15 is 0 Å². The summed E-state index contributed by atoms with van der Waals surface area (Å²) >= 11 is 0. The van der Waals surface area contributed by atoms with Gasteiger partial charge >= 0.3 is 0 Å². The van der Waals surface area contributed by atoms with E-state index in [0.717, 1.165) is 28.1 Å². The number of anilines is 1. The third-order valence-electron chi connectivity index (χ3n) is 5.73. The number of aromatic amines is 1. The lowest BCUT2D eigenvalue weighted by Gasteiger charge is -2.11. The summed E-state index contributed by atoms with van der Waals surface area (Å²) in [6, 6.07) is 27.5. The Balaban J connectivity index is 1.46. The minimum atomic E-state index is 0.899. The number of para-hydroxylation sites is 2. The number of rotatable bonds is 4. The van der Waals surface area contributed by atoms with Gasteiger partial charge in [-0.05, 0) is 54.1 Å². The molecule has 0 bridgehead atoms. The minimum Gasteiger partial charge on any atom is -0.378 e. The summed E-state index contributed by atoms with van der Waals surface area (Å²) in [6.45, 7) is 0. The fraction of sp³-hybridized carbons (Fsp3) is 0.111. The highest BCUT2D eigenvalue weighted by Gasteiger charge is 2.12. The highest BCUT2D eigenvalue weighted by molar-refractivity contribution is 5.85. The summed E-state index contributed by atoms with van der Waals surface area (Å²) in [4.78, 5) is 10.3. The Morgan fingerprint density at radius 2 is 1.68 bits per heavy atom. The van der Waals surface area contributed by atoms with Crippen molar-refractivity contribution in [2.45, 2.75) is 0 Å². The van der Waals surface area contributed by atoms with Crippen LogP contribution in [0.2, 0.25) is 0 Å². The van der Waals surface area contributed by atoms with Crippen LogP contribution >= 0.6 is 0 Å². The number of benzene rings is 3. The summed E-state index contributed by atoms with van der Waals surface area (Å²) in [6.07, 6.45) is 4.32. The maximum atomic E-state index is 4.73. The van der Waals surface area contributed by atoms with Crippen LogP contribution in [0.3, 0.4) is 0 Å². The zero-order valence-corrected chi connectivity index (χ0v) is 18.0. The molecular formula is C27H25N4+. The maximum Gasteiger partial charge on any atom is 0.212 e. The van der Waals surface area contributed by atoms with Crippen molar-refractivity contribution < 1.29 is 4.57 Å². The molecule has 0 atom stereocenters. The summed E-state index contributed by atoms with van der Waals surface area (Å²) in [5.41, 5.74) is 7.86. The van der Waals surface area contributed by atoms with Crippen molar-refractivity contribution in [3.05, 3.63) is 90.1 Å². The smallest absolute Gasteiger partial charge is 0.212 e. The number of aryl methyl sites for hydroxylation is 1. The van der Waals surface area contributed by atoms with Gasteiger partial charge in [-0.25, -0.2) is 4.98 Å². The lowest BCUT2D eigenvalue weighted by Crippen LogP contribution is -2.32. The number of aromatic nitrogens is 3. The summed E-state index contributed by atoms with van der Waals surface area (Å²) in [7, 11) is 6.22. The predicted molar refractivity (Wildman–Crippen MR) is 130 cm³/mol. The van der Waals surface area contributed by atoms with Crippen molar-refractivity contribution in [1.29, 1.82) is 0 Å². The highest BCUT2D eigenvalue weighted by Crippen LogP contribution is 2.24. The van der Waals surface area contributed by atoms with E-state index in [2.05, 4.69) is 108 Å². The van der Waals surface area contributed by atoms with Crippen LogP contribution in [-0.2, 0) is 7.05 Å². The van der Waals surface area contributed by atoms with Crippen LogP contribution in [0.15, 0.2) is 78.9 Å². The number of nitrogens with zero attached hydrogens (tertiary/aromatic N) is 3. The van der Waals surface area contributed by atoms with Gasteiger partial charge in [-0.15, -0.1) is 0 Å². The second kappa shape index (κ2) is 7.73. The van der Waals surface area contributed by atoms with Crippen LogP contribution in [0.4, 0.5) is 5.69 Å². The van der Waals surface area contributed by atoms with E-state index in [1.807, 2.05) is 18.2 Å². The Labute approximate surface area is 182 Å². The van der Waals surface area contributed by atoms with Gasteiger partial charge in [-0.1, -0.05) is 24.3 Å². The lowest BCUT2D eigenvalue weighted by molar-refractivity contribution is -0.646. The minimum absolute atomic E-state index is 0.899. The van der Waals surface area contributed by atoms with Crippen molar-refractivity contribution in [2.24, 2.45) is 7.05 Å². The largest absolute Gasteiger partial charge is 0.378 e. The fourth-order valence-corrected chi connectivity index (χ4v) is 3.89. The number of imidazole rings is 1. The first-order valence-electron chi connectivity index (χ1n) is 10.4. The molecule has 0 saturated carbocycles. The van der Waals surface area contributed by atoms with Gasteiger partial charge < -0.3 is 9.88 Å². The third-order valence-corrected chi connectivity index (χ3v) is 5.73. The van der Waals surface area contributed by atoms with Crippen molar-refractivity contribution in [3.8, 4) is 11.4 Å². The Hall–Kier alpha value is -3.92. The Morgan fingerprint density at radius 3 is 2.45 bits per heavy atom. The molecule has 4 heteroatoms. The van der Waals surface area contributed by atoms with E-state index < -0.39 is 0 Å². The lowest BCUT2D eigenvalue weighted by atomic mass is 10.1. The van der Waals surface area contributed by atoms with E-state index in [0.29, 0.717) is 0 Å². The molecule has 0 aliphatic carbocycles. The Morgan fingerprint density at radius 1 is 0.871 bits per heavy atom. The second-order valence-electron chi connectivity index (χ2n) is 8.01. The molecule has 0 radical (unpaired) electrons. The number of nitrogens with one attached hydrogen (secondary N) is 1. The summed E-state index contributed by atoms with van der Waals surface area (Å²) < 4.78 is 2.22. The van der Waals surface area contributed by atoms with E-state index in [1.54, 1.807) is 0 Å². The number of hydrogen-bond acceptors (Lipinski definition) is 2. The van der Waals surface area contributed by atoms with E-state index in [9.17, 15) is 0 Å². The molecule has 5 aromatic rings. The first-order chi connectivity index (χ1) is 15.1. The molecule has 0 saturated heterocycles. The molecule has 0 amide bonds. The topological polar surface area (TPSA) is 35.8 Å². The molecule has 4 nitrogen and oxygen atoms in total. The zero-order valence-electron chi connectivity index (χ0n) is 18.0. The van der Waals surface area contributed by atoms with Crippen LogP contribution in [-0.4, -0.2) is 24.1 Å². The fourth-order valence-electron chi connectivity index (χ4n) is 3.89. The van der Waals surface area contributed by atoms with Gasteiger partial charge in [0.2, 0.25) is 11.2 Å². The number of hydrogen-bond donors (Lipinski definition) is 1. The first-order valence-corrected chi connectivity index (χ1v) is 10.4. The van der Waals surface area contributed by atoms with Crippen molar-refractivity contribution in [1.82, 2.24) is 9.97 Å². The molecule has 0 spiro atoms. The SMILES string of the molecule is CN(C)c1ccc(/C=C/c2ccc3cc(-c4nc5ccccc5[nH]4)ccc3[n+]2C)cc1. The molecule has 3 aromatic carbocycles. The van der Waals surface area contributed by atoms with Crippen LogP contribution < -0.4 is 9.47 Å². The van der Waals surface area contributed by atoms with E-state index in [4.69, 9.17) is 4.98 Å². The van der Waals surface area contributed by atoms with Crippen LogP contribution in [0, 0.1) is 0 Å². The van der Waals surface area contributed by atoms with Gasteiger partial charge in [0.1, 0.15) is 12.9 Å². The molecule has 0 unspecified atom stereocenters. The van der Waals surface area contributed by atoms with Gasteiger partial charge in [-0.2, -0.15) is 4.57 Å². The average molecular weight is 406 g/mol. The maximum absolute atomic E-state index is 4.73. The Bertz CT molecular complexity index is 1380. The molecule has 31 heavy (non-hydrogen) atoms. The van der Waals surface area contributed by atoms with Gasteiger partial charge in [-0.3, -0.25) is 0 Å². The second-order valence-corrected chi connectivity index (χ2v) is 8.01. The standard InChI is InChI=1S/C27H25N4/c1-30(2)22-13-8-19(9-14-22)10-15-23-16-11-20-18-21(12-17-26(20)31(23)3)27-28-24-6-4-5-7-25(24)29-27/h4-18H,1-3H3,(H,28,29)/q+1. The van der Waals surface area contributed by atoms with Gasteiger partial charge in [0.15, 0.2) is 0 Å². The Kier molecular flexibility index (Phi) is 4.75. The van der Waals surface area contributed by atoms with Crippen molar-refractivity contribution >= 4 is 39.8 Å². The molecule has 2 heterocycles. The number of fused-ring (bicyclic) bond motifs is 2. The predicted octanol–water partition coefficient (Wildman–Crippen LogP) is 5.44. The first kappa shape index (κ1) is 19.1. The highest BCUT2D eigenvalue weighted by atomic mass is 15.1. The molecule has 5 rings (SSSR count). The van der Waals surface area contributed by atoms with E-state index in [1.165, 1.54) is 22.2 Å². The summed E-state index contributed by atoms with van der Waals surface area (Å²) in [5, 5.41) is 1.19. The molecule has 0 aliphatic heterocycles.